The Balaban J connectivity index is 2.40. The molecule has 0 amide bonds. The quantitative estimate of drug-likeness (QED) is 0.793. The largest absolute Gasteiger partial charge is 0.435 e. The van der Waals surface area contributed by atoms with Crippen molar-refractivity contribution in [2.24, 2.45) is 0 Å². The zero-order valence-electron chi connectivity index (χ0n) is 8.75. The minimum Gasteiger partial charge on any atom is -0.435 e. The molecule has 0 bridgehead atoms. The third-order valence-electron chi connectivity index (χ3n) is 1.99. The number of nitrogen functional groups attached to an aromatic ring is 1. The SMILES string of the molecule is Nc1cnc(Oc2cc(Br)cc(F)c2F)c(Br)c1. The van der Waals surface area contributed by atoms with E-state index in [1.54, 1.807) is 6.07 Å². The highest BCUT2D eigenvalue weighted by molar-refractivity contribution is 9.10. The van der Waals surface area contributed by atoms with Crippen LogP contribution in [0.2, 0.25) is 0 Å². The lowest BCUT2D eigenvalue weighted by Gasteiger charge is -2.08. The molecule has 0 fully saturated rings. The molecule has 1 heterocycles. The van der Waals surface area contributed by atoms with E-state index in [-0.39, 0.29) is 11.6 Å². The van der Waals surface area contributed by atoms with E-state index in [4.69, 9.17) is 10.5 Å². The normalized spacial score (nSPS) is 10.4. The number of benzene rings is 1. The van der Waals surface area contributed by atoms with Gasteiger partial charge in [-0.1, -0.05) is 15.9 Å². The van der Waals surface area contributed by atoms with Crippen molar-refractivity contribution in [3.63, 3.8) is 0 Å². The van der Waals surface area contributed by atoms with Crippen molar-refractivity contribution in [2.45, 2.75) is 0 Å². The van der Waals surface area contributed by atoms with Gasteiger partial charge in [0, 0.05) is 4.47 Å². The first-order valence-corrected chi connectivity index (χ1v) is 6.29. The Morgan fingerprint density at radius 2 is 1.89 bits per heavy atom. The van der Waals surface area contributed by atoms with Crippen LogP contribution in [0.4, 0.5) is 14.5 Å². The molecule has 0 atom stereocenters. The monoisotopic (exact) mass is 378 g/mol. The van der Waals surface area contributed by atoms with Gasteiger partial charge in [0.1, 0.15) is 0 Å². The van der Waals surface area contributed by atoms with Crippen LogP contribution < -0.4 is 10.5 Å². The summed E-state index contributed by atoms with van der Waals surface area (Å²) in [7, 11) is 0. The van der Waals surface area contributed by atoms with Gasteiger partial charge in [-0.25, -0.2) is 9.37 Å². The predicted octanol–water partition coefficient (Wildman–Crippen LogP) is 4.26. The van der Waals surface area contributed by atoms with Crippen molar-refractivity contribution in [2.75, 3.05) is 5.73 Å². The van der Waals surface area contributed by atoms with Crippen LogP contribution in [0.15, 0.2) is 33.3 Å². The number of hydrogen-bond acceptors (Lipinski definition) is 3. The number of aromatic nitrogens is 1. The van der Waals surface area contributed by atoms with Crippen LogP contribution in [0.1, 0.15) is 0 Å². The average Bonchev–Trinajstić information content (AvgIpc) is 2.29. The van der Waals surface area contributed by atoms with Crippen molar-refractivity contribution < 1.29 is 13.5 Å². The first-order chi connectivity index (χ1) is 8.47. The fourth-order valence-electron chi connectivity index (χ4n) is 1.23. The lowest BCUT2D eigenvalue weighted by Crippen LogP contribution is -1.96. The number of hydrogen-bond donors (Lipinski definition) is 1. The number of ether oxygens (including phenoxy) is 1. The Kier molecular flexibility index (Phi) is 3.82. The van der Waals surface area contributed by atoms with E-state index in [2.05, 4.69) is 36.8 Å². The number of pyridine rings is 1. The average molecular weight is 380 g/mol. The zero-order valence-corrected chi connectivity index (χ0v) is 11.9. The van der Waals surface area contributed by atoms with Gasteiger partial charge in [-0.15, -0.1) is 0 Å². The highest BCUT2D eigenvalue weighted by Crippen LogP contribution is 2.32. The van der Waals surface area contributed by atoms with Gasteiger partial charge in [0.15, 0.2) is 11.6 Å². The number of halogens is 4. The van der Waals surface area contributed by atoms with Gasteiger partial charge in [-0.2, -0.15) is 4.39 Å². The van der Waals surface area contributed by atoms with Crippen LogP contribution >= 0.6 is 31.9 Å². The molecule has 3 nitrogen and oxygen atoms in total. The fraction of sp³-hybridized carbons (Fsp3) is 0. The van der Waals surface area contributed by atoms with Crippen molar-refractivity contribution in [1.82, 2.24) is 4.98 Å². The van der Waals surface area contributed by atoms with E-state index in [9.17, 15) is 8.78 Å². The topological polar surface area (TPSA) is 48.1 Å². The van der Waals surface area contributed by atoms with E-state index >= 15 is 0 Å². The summed E-state index contributed by atoms with van der Waals surface area (Å²) in [6.45, 7) is 0. The van der Waals surface area contributed by atoms with Crippen LogP contribution in [0.3, 0.4) is 0 Å². The lowest BCUT2D eigenvalue weighted by molar-refractivity contribution is 0.403. The molecular weight excluding hydrogens is 374 g/mol. The molecule has 0 radical (unpaired) electrons. The van der Waals surface area contributed by atoms with E-state index in [0.29, 0.717) is 14.6 Å². The first kappa shape index (κ1) is 13.2. The molecule has 94 valence electrons. The zero-order chi connectivity index (χ0) is 13.3. The van der Waals surface area contributed by atoms with Gasteiger partial charge >= 0.3 is 0 Å². The molecule has 2 aromatic rings. The molecule has 7 heteroatoms. The summed E-state index contributed by atoms with van der Waals surface area (Å²) in [5.74, 6) is -2.25. The lowest BCUT2D eigenvalue weighted by atomic mass is 10.3. The maximum Gasteiger partial charge on any atom is 0.233 e. The highest BCUT2D eigenvalue weighted by atomic mass is 79.9. The molecule has 0 saturated carbocycles. The summed E-state index contributed by atoms with van der Waals surface area (Å²) < 4.78 is 32.7. The molecule has 0 saturated heterocycles. The second-order valence-electron chi connectivity index (χ2n) is 3.36. The van der Waals surface area contributed by atoms with Crippen LogP contribution in [-0.4, -0.2) is 4.98 Å². The van der Waals surface area contributed by atoms with Crippen LogP contribution in [-0.2, 0) is 0 Å². The summed E-state index contributed by atoms with van der Waals surface area (Å²) in [6, 6.07) is 3.87. The second kappa shape index (κ2) is 5.19. The summed E-state index contributed by atoms with van der Waals surface area (Å²) in [5, 5.41) is 0. The Morgan fingerprint density at radius 3 is 2.56 bits per heavy atom. The standard InChI is InChI=1S/C11H6Br2F2N2O/c12-5-1-8(14)10(15)9(2-5)18-11-7(13)3-6(16)4-17-11/h1-4H,16H2. The van der Waals surface area contributed by atoms with Crippen molar-refractivity contribution in [3.8, 4) is 11.6 Å². The maximum absolute atomic E-state index is 13.5. The summed E-state index contributed by atoms with van der Waals surface area (Å²) in [5.41, 5.74) is 5.94. The predicted molar refractivity (Wildman–Crippen MR) is 70.5 cm³/mol. The Labute approximate surface area is 118 Å². The summed E-state index contributed by atoms with van der Waals surface area (Å²) in [6.07, 6.45) is 1.35. The van der Waals surface area contributed by atoms with Gasteiger partial charge in [-0.05, 0) is 34.1 Å². The van der Waals surface area contributed by atoms with Gasteiger partial charge in [0.05, 0.1) is 16.4 Å². The third-order valence-corrected chi connectivity index (χ3v) is 3.02. The Morgan fingerprint density at radius 1 is 1.17 bits per heavy atom. The molecular formula is C11H6Br2F2N2O. The molecule has 1 aromatic heterocycles. The van der Waals surface area contributed by atoms with Crippen LogP contribution in [0.5, 0.6) is 11.6 Å². The van der Waals surface area contributed by atoms with Gasteiger partial charge in [0.2, 0.25) is 11.7 Å². The Hall–Kier alpha value is -1.21. The van der Waals surface area contributed by atoms with Crippen molar-refractivity contribution in [3.05, 3.63) is 45.0 Å². The molecule has 0 aliphatic carbocycles. The maximum atomic E-state index is 13.5. The smallest absolute Gasteiger partial charge is 0.233 e. The third kappa shape index (κ3) is 2.78. The number of anilines is 1. The molecule has 0 spiro atoms. The molecule has 0 aliphatic heterocycles. The fourth-order valence-corrected chi connectivity index (χ4v) is 2.08. The minimum absolute atomic E-state index is 0.0978. The highest BCUT2D eigenvalue weighted by Gasteiger charge is 2.14. The number of rotatable bonds is 2. The van der Waals surface area contributed by atoms with E-state index in [0.717, 1.165) is 6.07 Å². The molecule has 1 aromatic carbocycles. The van der Waals surface area contributed by atoms with E-state index in [1.807, 2.05) is 0 Å². The van der Waals surface area contributed by atoms with Gasteiger partial charge in [0.25, 0.3) is 0 Å². The number of nitrogens with two attached hydrogens (primary N) is 1. The molecule has 0 aliphatic rings. The first-order valence-electron chi connectivity index (χ1n) is 4.71. The summed E-state index contributed by atoms with van der Waals surface area (Å²) in [4.78, 5) is 3.88. The minimum atomic E-state index is -1.08. The van der Waals surface area contributed by atoms with Gasteiger partial charge in [-0.3, -0.25) is 0 Å². The molecule has 2 N–H and O–H groups in total. The van der Waals surface area contributed by atoms with Crippen LogP contribution in [0.25, 0.3) is 0 Å². The van der Waals surface area contributed by atoms with Crippen LogP contribution in [0, 0.1) is 11.6 Å². The summed E-state index contributed by atoms with van der Waals surface area (Å²) >= 11 is 6.22. The van der Waals surface area contributed by atoms with E-state index < -0.39 is 11.6 Å². The number of nitrogens with zero attached hydrogens (tertiary/aromatic N) is 1. The molecule has 0 unspecified atom stereocenters. The van der Waals surface area contributed by atoms with E-state index in [1.165, 1.54) is 12.3 Å². The van der Waals surface area contributed by atoms with Crippen molar-refractivity contribution >= 4 is 37.5 Å². The van der Waals surface area contributed by atoms with Gasteiger partial charge < -0.3 is 10.5 Å². The second-order valence-corrected chi connectivity index (χ2v) is 5.13. The Bertz CT molecular complexity index is 608. The molecule has 2 rings (SSSR count). The van der Waals surface area contributed by atoms with Crippen molar-refractivity contribution in [1.29, 1.82) is 0 Å². The molecule has 18 heavy (non-hydrogen) atoms.